The molecule has 0 aliphatic carbocycles. The predicted molar refractivity (Wildman–Crippen MR) is 31.7 cm³/mol. The van der Waals surface area contributed by atoms with E-state index in [0.717, 1.165) is 0 Å². The zero-order valence-electron chi connectivity index (χ0n) is 4.00. The highest BCUT2D eigenvalue weighted by molar-refractivity contribution is 5.85. The van der Waals surface area contributed by atoms with Crippen LogP contribution < -0.4 is 5.73 Å². The van der Waals surface area contributed by atoms with Gasteiger partial charge in [0.25, 0.3) is 0 Å². The van der Waals surface area contributed by atoms with E-state index in [2.05, 4.69) is 6.42 Å². The molecule has 0 aromatic carbocycles. The average molecular weight is 136 g/mol. The summed E-state index contributed by atoms with van der Waals surface area (Å²) in [6, 6.07) is -1.15. The molecule has 0 aliphatic rings. The van der Waals surface area contributed by atoms with Crippen LogP contribution >= 0.6 is 12.4 Å². The third-order valence-corrected chi connectivity index (χ3v) is 0.446. The van der Waals surface area contributed by atoms with Gasteiger partial charge in [0.15, 0.2) is 6.04 Å². The third kappa shape index (κ3) is 3.47. The number of hydrogen-bond acceptors (Lipinski definition) is 2. The molecule has 46 valence electrons. The monoisotopic (exact) mass is 135 g/mol. The summed E-state index contributed by atoms with van der Waals surface area (Å²) in [5.74, 6) is 0.678. The second-order valence-electron chi connectivity index (χ2n) is 0.983. The molecule has 1 atom stereocenters. The normalized spacial score (nSPS) is 10.5. The summed E-state index contributed by atoms with van der Waals surface area (Å²) in [7, 11) is 0. The van der Waals surface area contributed by atoms with Gasteiger partial charge < -0.3 is 10.8 Å². The Bertz CT molecular complexity index is 118. The van der Waals surface area contributed by atoms with Gasteiger partial charge in [-0.05, 0) is 0 Å². The van der Waals surface area contributed by atoms with Crippen LogP contribution in [0, 0.1) is 12.3 Å². The summed E-state index contributed by atoms with van der Waals surface area (Å²) in [6.07, 6.45) is 4.62. The van der Waals surface area contributed by atoms with Gasteiger partial charge in [0.1, 0.15) is 0 Å². The molecule has 0 aromatic rings. The molecule has 0 fully saturated rings. The Morgan fingerprint density at radius 2 is 2.25 bits per heavy atom. The highest BCUT2D eigenvalue weighted by atomic mass is 35.5. The first-order valence-corrected chi connectivity index (χ1v) is 1.63. The number of terminal acetylenes is 1. The van der Waals surface area contributed by atoms with Crippen molar-refractivity contribution in [3.8, 4) is 12.3 Å². The number of rotatable bonds is 1. The molecule has 0 aromatic heterocycles. The summed E-state index contributed by atoms with van der Waals surface area (Å²) in [4.78, 5) is 9.66. The number of hydrogen-bond donors (Lipinski definition) is 2. The van der Waals surface area contributed by atoms with Crippen LogP contribution in [-0.4, -0.2) is 17.1 Å². The topological polar surface area (TPSA) is 63.3 Å². The zero-order valence-corrected chi connectivity index (χ0v) is 4.81. The summed E-state index contributed by atoms with van der Waals surface area (Å²) in [5.41, 5.74) is 4.78. The maximum atomic E-state index is 9.66. The first-order valence-electron chi connectivity index (χ1n) is 1.63. The number of carbonyl (C=O) groups is 1. The molecular weight excluding hydrogens is 130 g/mol. The maximum Gasteiger partial charge on any atom is 0.333 e. The van der Waals surface area contributed by atoms with Crippen molar-refractivity contribution in [2.24, 2.45) is 5.73 Å². The lowest BCUT2D eigenvalue weighted by molar-refractivity contribution is -0.137. The first kappa shape index (κ1) is 10.3. The van der Waals surface area contributed by atoms with Gasteiger partial charge in [-0.2, -0.15) is 0 Å². The lowest BCUT2D eigenvalue weighted by Gasteiger charge is -1.90. The Hall–Kier alpha value is -0.720. The van der Waals surface area contributed by atoms with Crippen molar-refractivity contribution in [2.75, 3.05) is 0 Å². The molecule has 3 N–H and O–H groups in total. The SMILES string of the molecule is C#C[C@H](N)C(=O)O.Cl. The molecular formula is C4H6ClNO2. The van der Waals surface area contributed by atoms with E-state index in [4.69, 9.17) is 10.8 Å². The molecule has 4 heteroatoms. The maximum absolute atomic E-state index is 9.66. The second kappa shape index (κ2) is 4.44. The van der Waals surface area contributed by atoms with E-state index >= 15 is 0 Å². The van der Waals surface area contributed by atoms with Crippen molar-refractivity contribution in [3.63, 3.8) is 0 Å². The summed E-state index contributed by atoms with van der Waals surface area (Å²) in [5, 5.41) is 7.91. The predicted octanol–water partition coefficient (Wildman–Crippen LogP) is -0.547. The fraction of sp³-hybridized carbons (Fsp3) is 0.250. The summed E-state index contributed by atoms with van der Waals surface area (Å²) in [6.45, 7) is 0. The lowest BCUT2D eigenvalue weighted by atomic mass is 10.3. The van der Waals surface area contributed by atoms with Gasteiger partial charge in [-0.3, -0.25) is 0 Å². The summed E-state index contributed by atoms with van der Waals surface area (Å²) < 4.78 is 0. The smallest absolute Gasteiger partial charge is 0.333 e. The molecule has 0 spiro atoms. The zero-order chi connectivity index (χ0) is 5.86. The van der Waals surface area contributed by atoms with E-state index in [0.29, 0.717) is 0 Å². The standard InChI is InChI=1S/C4H5NO2.ClH/c1-2-3(5)4(6)7;/h1,3H,5H2,(H,6,7);1H/t3-;/m0./s1. The van der Waals surface area contributed by atoms with Crippen LogP contribution in [0.4, 0.5) is 0 Å². The minimum absolute atomic E-state index is 0. The number of nitrogens with two attached hydrogens (primary N) is 1. The molecule has 0 saturated heterocycles. The molecule has 0 heterocycles. The number of carboxylic acid groups (broad SMARTS) is 1. The first-order chi connectivity index (χ1) is 3.18. The lowest BCUT2D eigenvalue weighted by Crippen LogP contribution is -2.27. The molecule has 0 saturated carbocycles. The van der Waals surface area contributed by atoms with Gasteiger partial charge in [0, 0.05) is 0 Å². The van der Waals surface area contributed by atoms with Crippen LogP contribution in [0.2, 0.25) is 0 Å². The van der Waals surface area contributed by atoms with Crippen LogP contribution in [0.3, 0.4) is 0 Å². The van der Waals surface area contributed by atoms with E-state index in [1.165, 1.54) is 0 Å². The molecule has 3 nitrogen and oxygen atoms in total. The highest BCUT2D eigenvalue weighted by Crippen LogP contribution is 1.69. The van der Waals surface area contributed by atoms with Crippen molar-refractivity contribution in [1.82, 2.24) is 0 Å². The molecule has 0 rings (SSSR count). The minimum atomic E-state index is -1.16. The molecule has 0 bridgehead atoms. The number of carboxylic acids is 1. The van der Waals surface area contributed by atoms with Gasteiger partial charge in [-0.15, -0.1) is 18.8 Å². The second-order valence-corrected chi connectivity index (χ2v) is 0.983. The molecule has 0 radical (unpaired) electrons. The number of halogens is 1. The van der Waals surface area contributed by atoms with Crippen molar-refractivity contribution in [2.45, 2.75) is 6.04 Å². The highest BCUT2D eigenvalue weighted by Gasteiger charge is 2.03. The van der Waals surface area contributed by atoms with Gasteiger partial charge in [0.05, 0.1) is 0 Å². The van der Waals surface area contributed by atoms with E-state index < -0.39 is 12.0 Å². The van der Waals surface area contributed by atoms with Crippen LogP contribution in [0.15, 0.2) is 0 Å². The quantitative estimate of drug-likeness (QED) is 0.475. The van der Waals surface area contributed by atoms with Gasteiger partial charge in [-0.25, -0.2) is 4.79 Å². The Morgan fingerprint density at radius 1 is 1.88 bits per heavy atom. The van der Waals surface area contributed by atoms with Gasteiger partial charge >= 0.3 is 5.97 Å². The van der Waals surface area contributed by atoms with Crippen LogP contribution in [0.25, 0.3) is 0 Å². The number of aliphatic carboxylic acids is 1. The molecule has 8 heavy (non-hydrogen) atoms. The fourth-order valence-electron chi connectivity index (χ4n) is 0.0713. The van der Waals surface area contributed by atoms with E-state index in [1.807, 2.05) is 5.92 Å². The Morgan fingerprint density at radius 3 is 2.25 bits per heavy atom. The van der Waals surface area contributed by atoms with Crippen molar-refractivity contribution in [1.29, 1.82) is 0 Å². The minimum Gasteiger partial charge on any atom is -0.479 e. The molecule has 0 unspecified atom stereocenters. The van der Waals surface area contributed by atoms with E-state index in [9.17, 15) is 4.79 Å². The van der Waals surface area contributed by atoms with Gasteiger partial charge in [0.2, 0.25) is 0 Å². The van der Waals surface area contributed by atoms with E-state index in [-0.39, 0.29) is 12.4 Å². The average Bonchev–Trinajstić information content (AvgIpc) is 1.65. The molecule has 0 amide bonds. The van der Waals surface area contributed by atoms with E-state index in [1.54, 1.807) is 0 Å². The van der Waals surface area contributed by atoms with Crippen LogP contribution in [-0.2, 0) is 4.79 Å². The third-order valence-electron chi connectivity index (χ3n) is 0.446. The Kier molecular flexibility index (Phi) is 5.71. The largest absolute Gasteiger partial charge is 0.479 e. The van der Waals surface area contributed by atoms with Gasteiger partial charge in [-0.1, -0.05) is 5.92 Å². The van der Waals surface area contributed by atoms with Crippen molar-refractivity contribution < 1.29 is 9.90 Å². The molecule has 0 aliphatic heterocycles. The van der Waals surface area contributed by atoms with Crippen LogP contribution in [0.1, 0.15) is 0 Å². The Balaban J connectivity index is 0. The fourth-order valence-corrected chi connectivity index (χ4v) is 0.0713. The van der Waals surface area contributed by atoms with Crippen molar-refractivity contribution in [3.05, 3.63) is 0 Å². The van der Waals surface area contributed by atoms with Crippen molar-refractivity contribution >= 4 is 18.4 Å². The Labute approximate surface area is 53.3 Å². The summed E-state index contributed by atoms with van der Waals surface area (Å²) >= 11 is 0. The van der Waals surface area contributed by atoms with Crippen LogP contribution in [0.5, 0.6) is 0 Å².